The van der Waals surface area contributed by atoms with E-state index in [1.54, 1.807) is 31.3 Å². The average Bonchev–Trinajstić information content (AvgIpc) is 2.95. The molecule has 0 unspecified atom stereocenters. The highest BCUT2D eigenvalue weighted by Gasteiger charge is 2.30. The molecule has 0 amide bonds. The van der Waals surface area contributed by atoms with E-state index >= 15 is 0 Å². The first-order chi connectivity index (χ1) is 11.3. The van der Waals surface area contributed by atoms with Gasteiger partial charge in [0.1, 0.15) is 0 Å². The van der Waals surface area contributed by atoms with E-state index in [1.807, 2.05) is 0 Å². The lowest BCUT2D eigenvalue weighted by Gasteiger charge is -2.13. The molecule has 0 fully saturated rings. The molecule has 0 spiro atoms. The Bertz CT molecular complexity index is 876. The summed E-state index contributed by atoms with van der Waals surface area (Å²) in [6.45, 7) is 0. The van der Waals surface area contributed by atoms with Crippen LogP contribution in [0, 0.1) is 0 Å². The smallest absolute Gasteiger partial charge is 0.355 e. The Labute approximate surface area is 143 Å². The number of anilines is 2. The summed E-state index contributed by atoms with van der Waals surface area (Å²) in [5, 5.41) is 14.8. The van der Waals surface area contributed by atoms with Crippen molar-refractivity contribution >= 4 is 27.3 Å². The van der Waals surface area contributed by atoms with Gasteiger partial charge in [-0.3, -0.25) is 0 Å². The third-order valence-corrected chi connectivity index (χ3v) is 3.69. The third-order valence-electron chi connectivity index (χ3n) is 3.20. The van der Waals surface area contributed by atoms with Crippen LogP contribution in [0.2, 0.25) is 0 Å². The van der Waals surface area contributed by atoms with Gasteiger partial charge in [0, 0.05) is 21.4 Å². The van der Waals surface area contributed by atoms with Crippen LogP contribution in [0.4, 0.5) is 24.5 Å². The van der Waals surface area contributed by atoms with Crippen LogP contribution in [-0.4, -0.2) is 20.2 Å². The molecule has 1 N–H and O–H groups in total. The molecular formula is C15H11BrF3N5. The summed E-state index contributed by atoms with van der Waals surface area (Å²) >= 11 is 3.36. The molecule has 0 aliphatic heterocycles. The number of aryl methyl sites for hydroxylation is 1. The molecule has 0 aliphatic rings. The Balaban J connectivity index is 1.99. The van der Waals surface area contributed by atoms with E-state index in [0.717, 1.165) is 16.6 Å². The SMILES string of the molecule is Cn1nnc(-c2cc(Br)ccc2Nc2cccc(C(F)(F)F)c2)n1. The molecule has 2 aromatic carbocycles. The van der Waals surface area contributed by atoms with Crippen LogP contribution < -0.4 is 5.32 Å². The molecule has 124 valence electrons. The van der Waals surface area contributed by atoms with Gasteiger partial charge in [-0.05, 0) is 41.6 Å². The Morgan fingerprint density at radius 1 is 1.12 bits per heavy atom. The van der Waals surface area contributed by atoms with Crippen molar-refractivity contribution in [3.8, 4) is 11.4 Å². The van der Waals surface area contributed by atoms with Crippen LogP contribution >= 0.6 is 15.9 Å². The summed E-state index contributed by atoms with van der Waals surface area (Å²) in [7, 11) is 1.63. The van der Waals surface area contributed by atoms with Crippen molar-refractivity contribution in [1.82, 2.24) is 20.2 Å². The molecule has 0 atom stereocenters. The first kappa shape index (κ1) is 16.4. The maximum atomic E-state index is 12.8. The van der Waals surface area contributed by atoms with Crippen molar-refractivity contribution < 1.29 is 13.2 Å². The number of hydrogen-bond donors (Lipinski definition) is 1. The van der Waals surface area contributed by atoms with Crippen molar-refractivity contribution in [3.63, 3.8) is 0 Å². The Hall–Kier alpha value is -2.42. The standard InChI is InChI=1S/C15H11BrF3N5/c1-24-22-14(21-23-24)12-8-10(16)5-6-13(12)20-11-4-2-3-9(7-11)15(17,18)19/h2-8,20H,1H3. The summed E-state index contributed by atoms with van der Waals surface area (Å²) < 4.78 is 39.3. The predicted molar refractivity (Wildman–Crippen MR) is 86.7 cm³/mol. The highest BCUT2D eigenvalue weighted by Crippen LogP contribution is 2.34. The first-order valence-electron chi connectivity index (χ1n) is 6.81. The zero-order valence-electron chi connectivity index (χ0n) is 12.3. The van der Waals surface area contributed by atoms with Crippen LogP contribution in [-0.2, 0) is 13.2 Å². The van der Waals surface area contributed by atoms with Gasteiger partial charge in [-0.2, -0.15) is 18.0 Å². The summed E-state index contributed by atoms with van der Waals surface area (Å²) in [6, 6.07) is 10.3. The molecule has 5 nitrogen and oxygen atoms in total. The maximum Gasteiger partial charge on any atom is 0.416 e. The highest BCUT2D eigenvalue weighted by molar-refractivity contribution is 9.10. The van der Waals surface area contributed by atoms with E-state index in [2.05, 4.69) is 36.7 Å². The topological polar surface area (TPSA) is 55.6 Å². The van der Waals surface area contributed by atoms with E-state index in [-0.39, 0.29) is 0 Å². The minimum Gasteiger partial charge on any atom is -0.355 e. The summed E-state index contributed by atoms with van der Waals surface area (Å²) in [4.78, 5) is 1.31. The minimum atomic E-state index is -4.40. The number of nitrogens with one attached hydrogen (secondary N) is 1. The lowest BCUT2D eigenvalue weighted by molar-refractivity contribution is -0.137. The average molecular weight is 398 g/mol. The Morgan fingerprint density at radius 3 is 2.58 bits per heavy atom. The molecule has 3 aromatic rings. The van der Waals surface area contributed by atoms with Gasteiger partial charge in [-0.1, -0.05) is 22.0 Å². The highest BCUT2D eigenvalue weighted by atomic mass is 79.9. The molecule has 24 heavy (non-hydrogen) atoms. The van der Waals surface area contributed by atoms with Crippen LogP contribution in [0.25, 0.3) is 11.4 Å². The predicted octanol–water partition coefficient (Wildman–Crippen LogP) is 4.40. The van der Waals surface area contributed by atoms with E-state index in [1.165, 1.54) is 10.9 Å². The monoisotopic (exact) mass is 397 g/mol. The quantitative estimate of drug-likeness (QED) is 0.711. The second-order valence-corrected chi connectivity index (χ2v) is 5.91. The van der Waals surface area contributed by atoms with Crippen LogP contribution in [0.5, 0.6) is 0 Å². The number of halogens is 4. The number of alkyl halides is 3. The summed E-state index contributed by atoms with van der Waals surface area (Å²) in [6.07, 6.45) is -4.40. The molecule has 0 radical (unpaired) electrons. The molecule has 0 aliphatic carbocycles. The van der Waals surface area contributed by atoms with Gasteiger partial charge in [0.2, 0.25) is 5.82 Å². The van der Waals surface area contributed by atoms with Gasteiger partial charge < -0.3 is 5.32 Å². The van der Waals surface area contributed by atoms with Gasteiger partial charge in [-0.25, -0.2) is 0 Å². The summed E-state index contributed by atoms with van der Waals surface area (Å²) in [5.74, 6) is 0.369. The van der Waals surface area contributed by atoms with E-state index in [0.29, 0.717) is 22.8 Å². The lowest BCUT2D eigenvalue weighted by atomic mass is 10.1. The van der Waals surface area contributed by atoms with E-state index in [9.17, 15) is 13.2 Å². The van der Waals surface area contributed by atoms with E-state index < -0.39 is 11.7 Å². The molecule has 3 rings (SSSR count). The van der Waals surface area contributed by atoms with Crippen LogP contribution in [0.1, 0.15) is 5.56 Å². The van der Waals surface area contributed by atoms with Crippen LogP contribution in [0.3, 0.4) is 0 Å². The van der Waals surface area contributed by atoms with Crippen molar-refractivity contribution in [1.29, 1.82) is 0 Å². The van der Waals surface area contributed by atoms with Gasteiger partial charge >= 0.3 is 6.18 Å². The van der Waals surface area contributed by atoms with Crippen molar-refractivity contribution in [2.75, 3.05) is 5.32 Å². The maximum absolute atomic E-state index is 12.8. The number of nitrogens with zero attached hydrogens (tertiary/aromatic N) is 4. The number of aromatic nitrogens is 4. The number of tetrazole rings is 1. The number of benzene rings is 2. The third kappa shape index (κ3) is 3.56. The second kappa shape index (κ2) is 6.23. The van der Waals surface area contributed by atoms with Crippen molar-refractivity contribution in [2.45, 2.75) is 6.18 Å². The Kier molecular flexibility index (Phi) is 4.27. The van der Waals surface area contributed by atoms with E-state index in [4.69, 9.17) is 0 Å². The molecule has 0 saturated carbocycles. The van der Waals surface area contributed by atoms with Gasteiger partial charge in [0.15, 0.2) is 0 Å². The molecule has 0 saturated heterocycles. The fraction of sp³-hybridized carbons (Fsp3) is 0.133. The largest absolute Gasteiger partial charge is 0.416 e. The minimum absolute atomic E-state index is 0.317. The molecule has 9 heteroatoms. The van der Waals surface area contributed by atoms with Gasteiger partial charge in [0.05, 0.1) is 12.6 Å². The Morgan fingerprint density at radius 2 is 1.92 bits per heavy atom. The fourth-order valence-electron chi connectivity index (χ4n) is 2.13. The first-order valence-corrected chi connectivity index (χ1v) is 7.60. The summed E-state index contributed by atoms with van der Waals surface area (Å²) in [5.41, 5.74) is 0.793. The lowest BCUT2D eigenvalue weighted by Crippen LogP contribution is -2.05. The molecule has 1 heterocycles. The molecule has 1 aromatic heterocycles. The normalized spacial score (nSPS) is 11.5. The van der Waals surface area contributed by atoms with Crippen molar-refractivity contribution in [3.05, 3.63) is 52.5 Å². The van der Waals surface area contributed by atoms with Crippen LogP contribution in [0.15, 0.2) is 46.9 Å². The zero-order chi connectivity index (χ0) is 17.3. The van der Waals surface area contributed by atoms with Gasteiger partial charge in [-0.15, -0.1) is 10.2 Å². The molecular weight excluding hydrogens is 387 g/mol. The number of rotatable bonds is 3. The zero-order valence-corrected chi connectivity index (χ0v) is 13.9. The fourth-order valence-corrected chi connectivity index (χ4v) is 2.49. The second-order valence-electron chi connectivity index (χ2n) is 5.00. The van der Waals surface area contributed by atoms with Gasteiger partial charge in [0.25, 0.3) is 0 Å². The van der Waals surface area contributed by atoms with Crippen molar-refractivity contribution in [2.24, 2.45) is 7.05 Å². The number of hydrogen-bond acceptors (Lipinski definition) is 4. The molecule has 0 bridgehead atoms.